The number of likely N-dealkylation sites (N-methyl/N-ethyl adjacent to an activating group) is 1. The Morgan fingerprint density at radius 1 is 1.16 bits per heavy atom. The number of carbonyl (C=O) groups excluding carboxylic acids is 2. The number of nitrogens with zero attached hydrogens (tertiary/aromatic N) is 1. The fourth-order valence-corrected chi connectivity index (χ4v) is 3.17. The minimum absolute atomic E-state index is 0.0421. The number of aryl methyl sites for hydroxylation is 1. The molecule has 2 amide bonds. The molecule has 2 rings (SSSR count). The van der Waals surface area contributed by atoms with Crippen molar-refractivity contribution in [3.8, 4) is 0 Å². The average molecular weight is 444 g/mol. The highest BCUT2D eigenvalue weighted by atomic mass is 79.9. The maximum Gasteiger partial charge on any atom is 0.243 e. The van der Waals surface area contributed by atoms with Crippen LogP contribution in [0.2, 0.25) is 10.0 Å². The van der Waals surface area contributed by atoms with Crippen LogP contribution in [0.15, 0.2) is 40.9 Å². The van der Waals surface area contributed by atoms with Crippen LogP contribution >= 0.6 is 39.1 Å². The average Bonchev–Trinajstić information content (AvgIpc) is 2.52. The summed E-state index contributed by atoms with van der Waals surface area (Å²) in [5.41, 5.74) is 2.33. The van der Waals surface area contributed by atoms with E-state index in [-0.39, 0.29) is 24.8 Å². The Hall–Kier alpha value is -1.56. The number of benzene rings is 2. The van der Waals surface area contributed by atoms with E-state index in [1.807, 2.05) is 25.1 Å². The van der Waals surface area contributed by atoms with Gasteiger partial charge in [0, 0.05) is 27.3 Å². The Morgan fingerprint density at radius 3 is 2.52 bits per heavy atom. The molecule has 0 atom stereocenters. The molecule has 0 unspecified atom stereocenters. The summed E-state index contributed by atoms with van der Waals surface area (Å²) in [6.07, 6.45) is 0.108. The van der Waals surface area contributed by atoms with E-state index in [1.54, 1.807) is 25.2 Å². The molecular formula is C18H17BrCl2N2O2. The summed E-state index contributed by atoms with van der Waals surface area (Å²) >= 11 is 15.3. The Labute approximate surface area is 165 Å². The standard InChI is InChI=1S/C18H17BrCl2N2O2/c1-11-7-13(19)4-6-16(11)22-17(24)10-23(2)18(25)8-12-3-5-14(20)9-15(12)21/h3-7,9H,8,10H2,1-2H3,(H,22,24). The molecule has 1 N–H and O–H groups in total. The van der Waals surface area contributed by atoms with Gasteiger partial charge in [-0.3, -0.25) is 9.59 Å². The Bertz CT molecular complexity index is 812. The number of rotatable bonds is 5. The van der Waals surface area contributed by atoms with Gasteiger partial charge in [-0.25, -0.2) is 0 Å². The molecule has 0 aliphatic rings. The molecule has 25 heavy (non-hydrogen) atoms. The molecule has 0 saturated carbocycles. The van der Waals surface area contributed by atoms with Crippen LogP contribution in [0.1, 0.15) is 11.1 Å². The van der Waals surface area contributed by atoms with E-state index in [0.29, 0.717) is 15.6 Å². The van der Waals surface area contributed by atoms with Gasteiger partial charge < -0.3 is 10.2 Å². The third-order valence-electron chi connectivity index (χ3n) is 3.63. The van der Waals surface area contributed by atoms with E-state index in [4.69, 9.17) is 23.2 Å². The number of anilines is 1. The minimum Gasteiger partial charge on any atom is -0.336 e. The molecule has 2 aromatic rings. The number of halogens is 3. The summed E-state index contributed by atoms with van der Waals surface area (Å²) in [5, 5.41) is 3.76. The van der Waals surface area contributed by atoms with Crippen LogP contribution in [0.3, 0.4) is 0 Å². The van der Waals surface area contributed by atoms with E-state index >= 15 is 0 Å². The lowest BCUT2D eigenvalue weighted by atomic mass is 10.1. The molecule has 0 aliphatic heterocycles. The van der Waals surface area contributed by atoms with E-state index in [2.05, 4.69) is 21.2 Å². The molecule has 2 aromatic carbocycles. The van der Waals surface area contributed by atoms with Crippen LogP contribution in [-0.2, 0) is 16.0 Å². The van der Waals surface area contributed by atoms with Gasteiger partial charge in [-0.2, -0.15) is 0 Å². The molecule has 7 heteroatoms. The summed E-state index contributed by atoms with van der Waals surface area (Å²) in [6, 6.07) is 10.6. The van der Waals surface area contributed by atoms with Gasteiger partial charge in [0.2, 0.25) is 11.8 Å². The Kier molecular flexibility index (Phi) is 6.87. The predicted molar refractivity (Wildman–Crippen MR) is 105 cm³/mol. The van der Waals surface area contributed by atoms with E-state index in [9.17, 15) is 9.59 Å². The van der Waals surface area contributed by atoms with E-state index in [1.165, 1.54) is 4.90 Å². The highest BCUT2D eigenvalue weighted by molar-refractivity contribution is 9.10. The fraction of sp³-hybridized carbons (Fsp3) is 0.222. The van der Waals surface area contributed by atoms with Crippen molar-refractivity contribution in [3.05, 3.63) is 62.0 Å². The maximum atomic E-state index is 12.3. The molecular weight excluding hydrogens is 427 g/mol. The number of nitrogens with one attached hydrogen (secondary N) is 1. The highest BCUT2D eigenvalue weighted by Gasteiger charge is 2.15. The smallest absolute Gasteiger partial charge is 0.243 e. The number of carbonyl (C=O) groups is 2. The zero-order valence-electron chi connectivity index (χ0n) is 13.8. The van der Waals surface area contributed by atoms with Crippen LogP contribution in [0.25, 0.3) is 0 Å². The minimum atomic E-state index is -0.261. The first-order valence-corrected chi connectivity index (χ1v) is 9.05. The van der Waals surface area contributed by atoms with Gasteiger partial charge in [0.15, 0.2) is 0 Å². The van der Waals surface area contributed by atoms with Crippen molar-refractivity contribution < 1.29 is 9.59 Å². The first-order valence-electron chi connectivity index (χ1n) is 7.50. The van der Waals surface area contributed by atoms with E-state index in [0.717, 1.165) is 15.7 Å². The summed E-state index contributed by atoms with van der Waals surface area (Å²) in [4.78, 5) is 25.8. The summed E-state index contributed by atoms with van der Waals surface area (Å²) in [6.45, 7) is 1.86. The summed E-state index contributed by atoms with van der Waals surface area (Å²) in [7, 11) is 1.58. The molecule has 0 spiro atoms. The maximum absolute atomic E-state index is 12.3. The van der Waals surface area contributed by atoms with Crippen molar-refractivity contribution in [1.29, 1.82) is 0 Å². The molecule has 0 fully saturated rings. The molecule has 0 saturated heterocycles. The lowest BCUT2D eigenvalue weighted by Crippen LogP contribution is -2.36. The topological polar surface area (TPSA) is 49.4 Å². The number of hydrogen-bond acceptors (Lipinski definition) is 2. The van der Waals surface area contributed by atoms with Crippen molar-refractivity contribution in [2.24, 2.45) is 0 Å². The van der Waals surface area contributed by atoms with Gasteiger partial charge >= 0.3 is 0 Å². The van der Waals surface area contributed by atoms with Gasteiger partial charge in [-0.1, -0.05) is 45.2 Å². The fourth-order valence-electron chi connectivity index (χ4n) is 2.22. The second-order valence-electron chi connectivity index (χ2n) is 5.67. The molecule has 0 bridgehead atoms. The molecule has 132 valence electrons. The van der Waals surface area contributed by atoms with E-state index < -0.39 is 0 Å². The molecule has 0 radical (unpaired) electrons. The summed E-state index contributed by atoms with van der Waals surface area (Å²) in [5.74, 6) is -0.463. The lowest BCUT2D eigenvalue weighted by Gasteiger charge is -2.18. The van der Waals surface area contributed by atoms with Gasteiger partial charge in [-0.15, -0.1) is 0 Å². The quantitative estimate of drug-likeness (QED) is 0.727. The highest BCUT2D eigenvalue weighted by Crippen LogP contribution is 2.22. The van der Waals surface area contributed by atoms with Gasteiger partial charge in [0.05, 0.1) is 13.0 Å². The Morgan fingerprint density at radius 2 is 1.88 bits per heavy atom. The van der Waals surface area contributed by atoms with Crippen LogP contribution < -0.4 is 5.32 Å². The van der Waals surface area contributed by atoms with Crippen molar-refractivity contribution in [3.63, 3.8) is 0 Å². The van der Waals surface area contributed by atoms with Crippen molar-refractivity contribution in [2.45, 2.75) is 13.3 Å². The van der Waals surface area contributed by atoms with Crippen LogP contribution in [0.5, 0.6) is 0 Å². The number of hydrogen-bond donors (Lipinski definition) is 1. The zero-order valence-corrected chi connectivity index (χ0v) is 16.9. The lowest BCUT2D eigenvalue weighted by molar-refractivity contribution is -0.132. The van der Waals surface area contributed by atoms with Crippen LogP contribution in [-0.4, -0.2) is 30.3 Å². The number of amides is 2. The Balaban J connectivity index is 1.94. The van der Waals surface area contributed by atoms with Gasteiger partial charge in [0.25, 0.3) is 0 Å². The largest absolute Gasteiger partial charge is 0.336 e. The van der Waals surface area contributed by atoms with Crippen molar-refractivity contribution >= 4 is 56.6 Å². The van der Waals surface area contributed by atoms with Gasteiger partial charge in [0.1, 0.15) is 0 Å². The normalized spacial score (nSPS) is 10.4. The third kappa shape index (κ3) is 5.73. The van der Waals surface area contributed by atoms with Crippen molar-refractivity contribution in [2.75, 3.05) is 18.9 Å². The second kappa shape index (κ2) is 8.70. The molecule has 0 aromatic heterocycles. The first kappa shape index (κ1) is 19.8. The zero-order chi connectivity index (χ0) is 18.6. The third-order valence-corrected chi connectivity index (χ3v) is 4.71. The molecule has 0 heterocycles. The first-order chi connectivity index (χ1) is 11.8. The van der Waals surface area contributed by atoms with Crippen LogP contribution in [0, 0.1) is 6.92 Å². The predicted octanol–water partition coefficient (Wildman–Crippen LogP) is 4.70. The molecule has 4 nitrogen and oxygen atoms in total. The SMILES string of the molecule is Cc1cc(Br)ccc1NC(=O)CN(C)C(=O)Cc1ccc(Cl)cc1Cl. The molecule has 0 aliphatic carbocycles. The second-order valence-corrected chi connectivity index (χ2v) is 7.43. The monoisotopic (exact) mass is 442 g/mol. The van der Waals surface area contributed by atoms with Crippen molar-refractivity contribution in [1.82, 2.24) is 4.90 Å². The van der Waals surface area contributed by atoms with Gasteiger partial charge in [-0.05, 0) is 48.4 Å². The summed E-state index contributed by atoms with van der Waals surface area (Å²) < 4.78 is 0.940. The van der Waals surface area contributed by atoms with Crippen LogP contribution in [0.4, 0.5) is 5.69 Å².